The summed E-state index contributed by atoms with van der Waals surface area (Å²) in [5, 5.41) is 15.7. The predicted molar refractivity (Wildman–Crippen MR) is 97.9 cm³/mol. The van der Waals surface area contributed by atoms with Crippen LogP contribution in [0.15, 0.2) is 46.7 Å². The molecule has 0 saturated carbocycles. The fourth-order valence-corrected chi connectivity index (χ4v) is 6.06. The maximum Gasteiger partial charge on any atom is 0.152 e. The second-order valence-corrected chi connectivity index (χ2v) is 9.34. The van der Waals surface area contributed by atoms with Crippen LogP contribution in [-0.4, -0.2) is 35.8 Å². The highest BCUT2D eigenvalue weighted by atomic mass is 127. The van der Waals surface area contributed by atoms with Crippen LogP contribution >= 0.6 is 22.7 Å². The van der Waals surface area contributed by atoms with Crippen molar-refractivity contribution >= 4 is 22.7 Å². The summed E-state index contributed by atoms with van der Waals surface area (Å²) in [7, 11) is 4.76. The minimum Gasteiger partial charge on any atom is -1.00 e. The molecule has 2 bridgehead atoms. The molecule has 130 valence electrons. The second kappa shape index (κ2) is 6.83. The quantitative estimate of drug-likeness (QED) is 0.406. The Bertz CT molecular complexity index is 654. The number of fused-ring (bicyclic) bond motifs is 2. The van der Waals surface area contributed by atoms with Gasteiger partial charge in [-0.3, -0.25) is 0 Å². The zero-order valence-electron chi connectivity index (χ0n) is 14.1. The average molecular weight is 473 g/mol. The minimum absolute atomic E-state index is 0. The van der Waals surface area contributed by atoms with Crippen molar-refractivity contribution in [2.75, 3.05) is 14.1 Å². The Morgan fingerprint density at radius 1 is 1.04 bits per heavy atom. The summed E-state index contributed by atoms with van der Waals surface area (Å²) in [5.74, 6) is 0. The molecular formula is C19H24INOS2. The largest absolute Gasteiger partial charge is 1.00 e. The lowest BCUT2D eigenvalue weighted by molar-refractivity contribution is -0.928. The normalized spacial score (nSPS) is 25.4. The molecule has 2 nitrogen and oxygen atoms in total. The molecule has 2 unspecified atom stereocenters. The highest BCUT2D eigenvalue weighted by molar-refractivity contribution is 7.11. The van der Waals surface area contributed by atoms with E-state index in [1.807, 2.05) is 12.1 Å². The second-order valence-electron chi connectivity index (χ2n) is 7.45. The molecule has 24 heavy (non-hydrogen) atoms. The van der Waals surface area contributed by atoms with Crippen LogP contribution in [0.1, 0.15) is 35.4 Å². The first-order valence-corrected chi connectivity index (χ1v) is 10.1. The summed E-state index contributed by atoms with van der Waals surface area (Å²) in [6, 6.07) is 9.60. The number of aliphatic hydroxyl groups is 1. The van der Waals surface area contributed by atoms with E-state index in [2.05, 4.69) is 43.1 Å². The first kappa shape index (κ1) is 18.6. The minimum atomic E-state index is -0.953. The van der Waals surface area contributed by atoms with Gasteiger partial charge in [-0.25, -0.2) is 0 Å². The van der Waals surface area contributed by atoms with E-state index in [9.17, 15) is 5.11 Å². The van der Waals surface area contributed by atoms with Gasteiger partial charge in [0, 0.05) is 35.4 Å². The molecule has 0 aliphatic carbocycles. The van der Waals surface area contributed by atoms with Crippen molar-refractivity contribution in [1.29, 1.82) is 0 Å². The number of hydrogen-bond acceptors (Lipinski definition) is 3. The number of rotatable bonds is 3. The van der Waals surface area contributed by atoms with E-state index < -0.39 is 5.60 Å². The molecule has 0 amide bonds. The topological polar surface area (TPSA) is 20.2 Å². The van der Waals surface area contributed by atoms with E-state index >= 15 is 0 Å². The van der Waals surface area contributed by atoms with E-state index in [0.717, 1.165) is 39.2 Å². The molecule has 0 radical (unpaired) electrons. The number of quaternary nitrogens is 1. The Morgan fingerprint density at radius 3 is 1.96 bits per heavy atom. The Hall–Kier alpha value is -0.210. The lowest BCUT2D eigenvalue weighted by Crippen LogP contribution is -3.00. The van der Waals surface area contributed by atoms with Crippen LogP contribution in [0, 0.1) is 0 Å². The smallest absolute Gasteiger partial charge is 0.152 e. The lowest BCUT2D eigenvalue weighted by atomic mass is 9.88. The zero-order valence-corrected chi connectivity index (χ0v) is 17.9. The SMILES string of the molecule is C[N+]1(C)C2CCC1CC(=CC(O)(c1cccs1)c1cccs1)C2.[I-]. The Kier molecular flexibility index (Phi) is 5.29. The molecule has 2 fully saturated rings. The van der Waals surface area contributed by atoms with Gasteiger partial charge in [0.2, 0.25) is 0 Å². The fourth-order valence-electron chi connectivity index (χ4n) is 4.38. The number of hydrogen-bond donors (Lipinski definition) is 1. The van der Waals surface area contributed by atoms with Crippen molar-refractivity contribution in [3.63, 3.8) is 0 Å². The molecule has 5 heteroatoms. The van der Waals surface area contributed by atoms with Gasteiger partial charge in [-0.2, -0.15) is 0 Å². The van der Waals surface area contributed by atoms with Crippen molar-refractivity contribution in [2.45, 2.75) is 43.4 Å². The third kappa shape index (κ3) is 3.03. The molecule has 0 aromatic carbocycles. The molecule has 2 atom stereocenters. The van der Waals surface area contributed by atoms with Gasteiger partial charge in [-0.15, -0.1) is 22.7 Å². The molecular weight excluding hydrogens is 449 g/mol. The third-order valence-corrected chi connectivity index (χ3v) is 7.91. The standard InChI is InChI=1S/C19H24NOS2.HI/c1-20(2)15-7-8-16(20)12-14(11-15)13-19(21,17-5-3-9-22-17)18-6-4-10-23-18;/h3-6,9-10,13,15-16,21H,7-8,11-12H2,1-2H3;1H/q+1;/p-1. The Morgan fingerprint density at radius 2 is 1.54 bits per heavy atom. The highest BCUT2D eigenvalue weighted by Gasteiger charge is 2.47. The third-order valence-electron chi connectivity index (χ3n) is 5.92. The molecule has 2 aromatic rings. The molecule has 2 saturated heterocycles. The maximum absolute atomic E-state index is 11.5. The van der Waals surface area contributed by atoms with Gasteiger partial charge in [-0.1, -0.05) is 17.7 Å². The van der Waals surface area contributed by atoms with Crippen molar-refractivity contribution < 1.29 is 33.6 Å². The molecule has 0 spiro atoms. The number of halogens is 1. The van der Waals surface area contributed by atoms with E-state index in [-0.39, 0.29) is 24.0 Å². The molecule has 2 aliphatic heterocycles. The van der Waals surface area contributed by atoms with Gasteiger partial charge >= 0.3 is 0 Å². The molecule has 1 N–H and O–H groups in total. The van der Waals surface area contributed by atoms with Gasteiger partial charge in [0.25, 0.3) is 0 Å². The Labute approximate surface area is 169 Å². The van der Waals surface area contributed by atoms with Crippen molar-refractivity contribution in [1.82, 2.24) is 0 Å². The van der Waals surface area contributed by atoms with Crippen LogP contribution in [0.5, 0.6) is 0 Å². The number of nitrogens with zero attached hydrogens (tertiary/aromatic N) is 1. The zero-order chi connectivity index (χ0) is 16.1. The summed E-state index contributed by atoms with van der Waals surface area (Å²) in [5.41, 5.74) is 0.491. The molecule has 2 aromatic heterocycles. The first-order chi connectivity index (χ1) is 11.0. The summed E-state index contributed by atoms with van der Waals surface area (Å²) >= 11 is 3.28. The Balaban J connectivity index is 0.00000169. The van der Waals surface area contributed by atoms with Crippen LogP contribution in [0.25, 0.3) is 0 Å². The maximum atomic E-state index is 11.5. The van der Waals surface area contributed by atoms with Gasteiger partial charge < -0.3 is 33.6 Å². The van der Waals surface area contributed by atoms with E-state index in [0.29, 0.717) is 0 Å². The fraction of sp³-hybridized carbons (Fsp3) is 0.474. The summed E-state index contributed by atoms with van der Waals surface area (Å²) < 4.78 is 1.16. The van der Waals surface area contributed by atoms with Crippen LogP contribution < -0.4 is 24.0 Å². The summed E-state index contributed by atoms with van der Waals surface area (Å²) in [6.07, 6.45) is 7.08. The van der Waals surface area contributed by atoms with Crippen LogP contribution in [0.3, 0.4) is 0 Å². The molecule has 2 aliphatic rings. The monoisotopic (exact) mass is 473 g/mol. The van der Waals surface area contributed by atoms with E-state index in [1.165, 1.54) is 18.4 Å². The van der Waals surface area contributed by atoms with Crippen LogP contribution in [0.4, 0.5) is 0 Å². The van der Waals surface area contributed by atoms with Gasteiger partial charge in [0.1, 0.15) is 0 Å². The van der Waals surface area contributed by atoms with Gasteiger partial charge in [0.15, 0.2) is 5.60 Å². The van der Waals surface area contributed by atoms with E-state index in [1.54, 1.807) is 22.7 Å². The predicted octanol–water partition coefficient (Wildman–Crippen LogP) is 1.38. The summed E-state index contributed by atoms with van der Waals surface area (Å²) in [4.78, 5) is 2.05. The van der Waals surface area contributed by atoms with E-state index in [4.69, 9.17) is 0 Å². The van der Waals surface area contributed by atoms with Gasteiger partial charge in [0.05, 0.1) is 26.2 Å². The number of piperidine rings is 1. The summed E-state index contributed by atoms with van der Waals surface area (Å²) in [6.45, 7) is 0. The molecule has 4 rings (SSSR count). The van der Waals surface area contributed by atoms with Gasteiger partial charge in [-0.05, 0) is 29.0 Å². The van der Waals surface area contributed by atoms with Crippen LogP contribution in [0.2, 0.25) is 0 Å². The number of thiophene rings is 2. The van der Waals surface area contributed by atoms with Crippen LogP contribution in [-0.2, 0) is 5.60 Å². The lowest BCUT2D eigenvalue weighted by Gasteiger charge is -2.42. The molecule has 4 heterocycles. The highest BCUT2D eigenvalue weighted by Crippen LogP contribution is 2.45. The first-order valence-electron chi connectivity index (χ1n) is 8.34. The van der Waals surface area contributed by atoms with Crippen molar-refractivity contribution in [3.8, 4) is 0 Å². The average Bonchev–Trinajstić information content (AvgIpc) is 3.22. The van der Waals surface area contributed by atoms with Crippen molar-refractivity contribution in [3.05, 3.63) is 56.4 Å². The van der Waals surface area contributed by atoms with Crippen molar-refractivity contribution in [2.24, 2.45) is 0 Å².